The van der Waals surface area contributed by atoms with Gasteiger partial charge >= 0.3 is 6.01 Å². The van der Waals surface area contributed by atoms with Crippen molar-refractivity contribution >= 4 is 11.3 Å². The van der Waals surface area contributed by atoms with Crippen LogP contribution in [0.4, 0.5) is 0 Å². The normalized spacial score (nSPS) is 23.6. The Morgan fingerprint density at radius 1 is 1.39 bits per heavy atom. The zero-order valence-corrected chi connectivity index (χ0v) is 14.1. The summed E-state index contributed by atoms with van der Waals surface area (Å²) in [5.41, 5.74) is 1.35. The van der Waals surface area contributed by atoms with Crippen LogP contribution in [0.3, 0.4) is 0 Å². The fraction of sp³-hybridized carbons (Fsp3) is 0.529. The van der Waals surface area contributed by atoms with Gasteiger partial charge < -0.3 is 9.47 Å². The smallest absolute Gasteiger partial charge is 0.316 e. The summed E-state index contributed by atoms with van der Waals surface area (Å²) in [5.74, 6) is 0. The Morgan fingerprint density at radius 2 is 2.22 bits per heavy atom. The number of aromatic nitrogens is 2. The molecule has 0 N–H and O–H groups in total. The van der Waals surface area contributed by atoms with Crippen molar-refractivity contribution in [3.8, 4) is 6.01 Å². The Labute approximate surface area is 140 Å². The van der Waals surface area contributed by atoms with Gasteiger partial charge in [0.15, 0.2) is 0 Å². The summed E-state index contributed by atoms with van der Waals surface area (Å²) in [4.78, 5) is 12.2. The van der Waals surface area contributed by atoms with Crippen molar-refractivity contribution in [3.05, 3.63) is 40.3 Å². The molecule has 0 saturated carbocycles. The third-order valence-corrected chi connectivity index (χ3v) is 5.63. The first-order valence-electron chi connectivity index (χ1n) is 8.05. The van der Waals surface area contributed by atoms with Crippen molar-refractivity contribution in [2.75, 3.05) is 19.7 Å². The van der Waals surface area contributed by atoms with Crippen molar-refractivity contribution in [1.82, 2.24) is 14.9 Å². The van der Waals surface area contributed by atoms with Gasteiger partial charge in [-0.25, -0.2) is 9.97 Å². The number of aryl methyl sites for hydroxylation is 1. The zero-order valence-electron chi connectivity index (χ0n) is 13.3. The SMILES string of the molecule is Cc1ccsc1CN1CC2(C[C@H](Oc3ncccn3)CCO2)C1. The topological polar surface area (TPSA) is 47.5 Å². The van der Waals surface area contributed by atoms with E-state index < -0.39 is 0 Å². The van der Waals surface area contributed by atoms with Gasteiger partial charge in [-0.2, -0.15) is 0 Å². The lowest BCUT2D eigenvalue weighted by Crippen LogP contribution is -2.65. The predicted molar refractivity (Wildman–Crippen MR) is 88.7 cm³/mol. The third-order valence-electron chi connectivity index (χ3n) is 4.62. The van der Waals surface area contributed by atoms with E-state index in [1.807, 2.05) is 11.3 Å². The Kier molecular flexibility index (Phi) is 4.05. The molecule has 4 heterocycles. The summed E-state index contributed by atoms with van der Waals surface area (Å²) in [6.07, 6.45) is 5.41. The van der Waals surface area contributed by atoms with Gasteiger partial charge in [0.05, 0.1) is 12.2 Å². The molecule has 2 aromatic rings. The fourth-order valence-electron chi connectivity index (χ4n) is 3.45. The number of thiophene rings is 1. The zero-order chi connectivity index (χ0) is 15.7. The minimum atomic E-state index is -0.0388. The van der Waals surface area contributed by atoms with Crippen LogP contribution in [0.1, 0.15) is 23.3 Å². The van der Waals surface area contributed by atoms with Crippen LogP contribution in [0.2, 0.25) is 0 Å². The van der Waals surface area contributed by atoms with Crippen molar-refractivity contribution in [2.24, 2.45) is 0 Å². The molecular weight excluding hydrogens is 310 g/mol. The Bertz CT molecular complexity index is 655. The molecule has 2 aliphatic heterocycles. The van der Waals surface area contributed by atoms with Crippen LogP contribution in [-0.4, -0.2) is 46.3 Å². The Balaban J connectivity index is 1.33. The summed E-state index contributed by atoms with van der Waals surface area (Å²) in [6.45, 7) is 5.94. The van der Waals surface area contributed by atoms with Gasteiger partial charge in [0, 0.05) is 49.7 Å². The summed E-state index contributed by atoms with van der Waals surface area (Å²) < 4.78 is 12.0. The van der Waals surface area contributed by atoms with Crippen molar-refractivity contribution < 1.29 is 9.47 Å². The fourth-order valence-corrected chi connectivity index (χ4v) is 4.40. The van der Waals surface area contributed by atoms with Gasteiger partial charge in [-0.1, -0.05) is 0 Å². The molecule has 4 rings (SSSR count). The average Bonchev–Trinajstić information content (AvgIpc) is 2.92. The monoisotopic (exact) mass is 331 g/mol. The highest BCUT2D eigenvalue weighted by molar-refractivity contribution is 7.10. The highest BCUT2D eigenvalue weighted by atomic mass is 32.1. The van der Waals surface area contributed by atoms with Gasteiger partial charge in [-0.05, 0) is 30.0 Å². The number of rotatable bonds is 4. The largest absolute Gasteiger partial charge is 0.460 e. The van der Waals surface area contributed by atoms with Crippen LogP contribution in [0, 0.1) is 6.92 Å². The van der Waals surface area contributed by atoms with E-state index in [0.717, 1.165) is 39.1 Å². The van der Waals surface area contributed by atoms with Crippen LogP contribution in [0.25, 0.3) is 0 Å². The van der Waals surface area contributed by atoms with Crippen LogP contribution >= 0.6 is 11.3 Å². The second kappa shape index (κ2) is 6.19. The maximum absolute atomic E-state index is 6.09. The highest BCUT2D eigenvalue weighted by Crippen LogP contribution is 2.36. The molecule has 1 spiro atoms. The molecule has 0 bridgehead atoms. The minimum Gasteiger partial charge on any atom is -0.460 e. The first-order valence-corrected chi connectivity index (χ1v) is 8.93. The molecule has 5 nitrogen and oxygen atoms in total. The molecule has 2 aromatic heterocycles. The molecule has 0 unspecified atom stereocenters. The average molecular weight is 331 g/mol. The number of hydrogen-bond acceptors (Lipinski definition) is 6. The lowest BCUT2D eigenvalue weighted by atomic mass is 9.84. The molecule has 2 saturated heterocycles. The third kappa shape index (κ3) is 3.24. The van der Waals surface area contributed by atoms with E-state index in [0.29, 0.717) is 6.01 Å². The number of likely N-dealkylation sites (tertiary alicyclic amines) is 1. The molecule has 0 radical (unpaired) electrons. The summed E-state index contributed by atoms with van der Waals surface area (Å²) in [6, 6.07) is 4.46. The lowest BCUT2D eigenvalue weighted by Gasteiger charge is -2.53. The molecule has 23 heavy (non-hydrogen) atoms. The van der Waals surface area contributed by atoms with E-state index in [2.05, 4.69) is 33.2 Å². The molecule has 6 heteroatoms. The van der Waals surface area contributed by atoms with Gasteiger partial charge in [0.25, 0.3) is 0 Å². The van der Waals surface area contributed by atoms with Gasteiger partial charge in [-0.15, -0.1) is 11.3 Å². The van der Waals surface area contributed by atoms with Crippen LogP contribution in [-0.2, 0) is 11.3 Å². The quantitative estimate of drug-likeness (QED) is 0.862. The van der Waals surface area contributed by atoms with Gasteiger partial charge in [0.1, 0.15) is 6.10 Å². The number of ether oxygens (including phenoxy) is 2. The van der Waals surface area contributed by atoms with E-state index >= 15 is 0 Å². The minimum absolute atomic E-state index is 0.0388. The second-order valence-corrected chi connectivity index (χ2v) is 7.47. The van der Waals surface area contributed by atoms with Crippen LogP contribution in [0.15, 0.2) is 29.9 Å². The van der Waals surface area contributed by atoms with E-state index in [1.165, 1.54) is 10.4 Å². The molecule has 0 amide bonds. The maximum atomic E-state index is 6.09. The van der Waals surface area contributed by atoms with Crippen molar-refractivity contribution in [1.29, 1.82) is 0 Å². The molecule has 2 fully saturated rings. The summed E-state index contributed by atoms with van der Waals surface area (Å²) in [5, 5.41) is 2.17. The number of nitrogens with zero attached hydrogens (tertiary/aromatic N) is 3. The van der Waals surface area contributed by atoms with E-state index in [1.54, 1.807) is 18.5 Å². The second-order valence-electron chi connectivity index (χ2n) is 6.47. The maximum Gasteiger partial charge on any atom is 0.316 e. The van der Waals surface area contributed by atoms with E-state index in [-0.39, 0.29) is 11.7 Å². The first kappa shape index (κ1) is 15.1. The molecule has 0 aromatic carbocycles. The Hall–Kier alpha value is -1.50. The summed E-state index contributed by atoms with van der Waals surface area (Å²) in [7, 11) is 0. The summed E-state index contributed by atoms with van der Waals surface area (Å²) >= 11 is 1.84. The van der Waals surface area contributed by atoms with Gasteiger partial charge in [-0.3, -0.25) is 4.90 Å². The molecule has 1 atom stereocenters. The van der Waals surface area contributed by atoms with E-state index in [9.17, 15) is 0 Å². The standard InChI is InChI=1S/C17H21N3O2S/c1-13-4-8-23-15(13)10-20-11-17(12-20)9-14(3-7-21-17)22-16-18-5-2-6-19-16/h2,4-6,8,14H,3,7,9-12H2,1H3/t14-/m1/s1. The molecule has 122 valence electrons. The lowest BCUT2D eigenvalue weighted by molar-refractivity contribution is -0.188. The molecular formula is C17H21N3O2S. The van der Waals surface area contributed by atoms with Crippen molar-refractivity contribution in [3.63, 3.8) is 0 Å². The predicted octanol–water partition coefficient (Wildman–Crippen LogP) is 2.66. The molecule has 2 aliphatic rings. The number of hydrogen-bond donors (Lipinski definition) is 0. The van der Waals surface area contributed by atoms with E-state index in [4.69, 9.17) is 9.47 Å². The Morgan fingerprint density at radius 3 is 2.96 bits per heavy atom. The van der Waals surface area contributed by atoms with Crippen LogP contribution < -0.4 is 4.74 Å². The molecule has 0 aliphatic carbocycles. The van der Waals surface area contributed by atoms with Gasteiger partial charge in [0.2, 0.25) is 0 Å². The van der Waals surface area contributed by atoms with Crippen molar-refractivity contribution in [2.45, 2.75) is 38.0 Å². The van der Waals surface area contributed by atoms with Crippen LogP contribution in [0.5, 0.6) is 6.01 Å². The highest BCUT2D eigenvalue weighted by Gasteiger charge is 2.48. The first-order chi connectivity index (χ1) is 11.2.